The Morgan fingerprint density at radius 3 is 2.74 bits per heavy atom. The summed E-state index contributed by atoms with van der Waals surface area (Å²) in [7, 11) is 2.10. The van der Waals surface area contributed by atoms with Crippen LogP contribution in [-0.2, 0) is 0 Å². The summed E-state index contributed by atoms with van der Waals surface area (Å²) < 4.78 is 0. The Morgan fingerprint density at radius 2 is 1.93 bits per heavy atom. The third-order valence-electron chi connectivity index (χ3n) is 4.18. The molecule has 0 aliphatic carbocycles. The van der Waals surface area contributed by atoms with Crippen LogP contribution in [0.1, 0.15) is 11.1 Å². The van der Waals surface area contributed by atoms with E-state index in [1.165, 1.54) is 21.2 Å². The van der Waals surface area contributed by atoms with Gasteiger partial charge in [-0.1, -0.05) is 60.5 Å². The Balaban J connectivity index is 1.58. The molecule has 0 unspecified atom stereocenters. The smallest absolute Gasteiger partial charge is 0.116 e. The molecule has 138 valence electrons. The molecule has 2 nitrogen and oxygen atoms in total. The van der Waals surface area contributed by atoms with E-state index in [2.05, 4.69) is 49.7 Å². The summed E-state index contributed by atoms with van der Waals surface area (Å²) in [5, 5.41) is 10.8. The molecule has 2 aromatic carbocycles. The summed E-state index contributed by atoms with van der Waals surface area (Å²) in [4.78, 5) is 5.47. The molecule has 0 atom stereocenters. The van der Waals surface area contributed by atoms with E-state index in [4.69, 9.17) is 0 Å². The summed E-state index contributed by atoms with van der Waals surface area (Å²) in [5.41, 5.74) is 3.67. The zero-order valence-electron chi connectivity index (χ0n) is 15.8. The van der Waals surface area contributed by atoms with E-state index in [0.717, 1.165) is 15.4 Å². The van der Waals surface area contributed by atoms with Gasteiger partial charge in [0.15, 0.2) is 0 Å². The van der Waals surface area contributed by atoms with Crippen molar-refractivity contribution >= 4 is 29.2 Å². The van der Waals surface area contributed by atoms with Crippen LogP contribution >= 0.6 is 23.5 Å². The number of phenols is 1. The van der Waals surface area contributed by atoms with E-state index in [1.807, 2.05) is 37.3 Å². The fourth-order valence-corrected chi connectivity index (χ4v) is 4.66. The fraction of sp³-hybridized carbons (Fsp3) is 0.130. The Labute approximate surface area is 170 Å². The minimum atomic E-state index is 0.278. The van der Waals surface area contributed by atoms with Crippen LogP contribution in [0.25, 0.3) is 0 Å². The number of fused-ring (bicyclic) bond motifs is 1. The van der Waals surface area contributed by atoms with Gasteiger partial charge in [0.2, 0.25) is 0 Å². The van der Waals surface area contributed by atoms with E-state index in [0.29, 0.717) is 0 Å². The van der Waals surface area contributed by atoms with Crippen LogP contribution < -0.4 is 4.90 Å². The van der Waals surface area contributed by atoms with Gasteiger partial charge in [0.05, 0.1) is 10.7 Å². The van der Waals surface area contributed by atoms with Crippen LogP contribution in [-0.4, -0.2) is 12.2 Å². The van der Waals surface area contributed by atoms with Gasteiger partial charge in [-0.25, -0.2) is 0 Å². The van der Waals surface area contributed by atoms with E-state index in [-0.39, 0.29) is 5.75 Å². The van der Waals surface area contributed by atoms with Gasteiger partial charge in [0.25, 0.3) is 0 Å². The Kier molecular flexibility index (Phi) is 6.19. The van der Waals surface area contributed by atoms with Gasteiger partial charge in [0.1, 0.15) is 5.75 Å². The number of thioether (sulfide) groups is 2. The van der Waals surface area contributed by atoms with Crippen molar-refractivity contribution in [3.05, 3.63) is 94.4 Å². The van der Waals surface area contributed by atoms with E-state index >= 15 is 0 Å². The minimum Gasteiger partial charge on any atom is -0.508 e. The number of nitrogens with zero attached hydrogens (tertiary/aromatic N) is 1. The lowest BCUT2D eigenvalue weighted by molar-refractivity contribution is 0.473. The van der Waals surface area contributed by atoms with Crippen LogP contribution in [0.5, 0.6) is 5.75 Å². The highest BCUT2D eigenvalue weighted by atomic mass is 32.2. The molecule has 1 aliphatic heterocycles. The maximum absolute atomic E-state index is 9.62. The minimum absolute atomic E-state index is 0.278. The van der Waals surface area contributed by atoms with Crippen LogP contribution in [0.15, 0.2) is 93.1 Å². The number of hydrogen-bond acceptors (Lipinski definition) is 4. The summed E-state index contributed by atoms with van der Waals surface area (Å²) in [6.45, 7) is 8.23. The molecule has 0 amide bonds. The lowest BCUT2D eigenvalue weighted by Gasteiger charge is -2.12. The molecule has 1 aliphatic rings. The summed E-state index contributed by atoms with van der Waals surface area (Å²) in [5.74, 6) is 0.278. The summed E-state index contributed by atoms with van der Waals surface area (Å²) in [6.07, 6.45) is 10.1. The predicted octanol–water partition coefficient (Wildman–Crippen LogP) is 6.81. The first-order chi connectivity index (χ1) is 12.9. The molecule has 0 spiro atoms. The Hall–Kier alpha value is -2.30. The SMILES string of the molecule is C=C(/C=C/C=C/C=C1\Sc2cc(C)ccc2N1C)Sc1cc(O)ccc1C. The van der Waals surface area contributed by atoms with Gasteiger partial charge in [-0.3, -0.25) is 0 Å². The van der Waals surface area contributed by atoms with Crippen LogP contribution in [0.3, 0.4) is 0 Å². The number of benzene rings is 2. The number of allylic oxidation sites excluding steroid dienone is 5. The average Bonchev–Trinajstić information content (AvgIpc) is 2.93. The molecule has 4 heteroatoms. The highest BCUT2D eigenvalue weighted by Gasteiger charge is 2.20. The average molecular weight is 394 g/mol. The predicted molar refractivity (Wildman–Crippen MR) is 120 cm³/mol. The van der Waals surface area contributed by atoms with Crippen molar-refractivity contribution < 1.29 is 5.11 Å². The molecule has 0 bridgehead atoms. The fourth-order valence-electron chi connectivity index (χ4n) is 2.66. The van der Waals surface area contributed by atoms with Crippen LogP contribution in [0.4, 0.5) is 5.69 Å². The molecule has 0 fully saturated rings. The van der Waals surface area contributed by atoms with Gasteiger partial charge in [-0.15, -0.1) is 0 Å². The van der Waals surface area contributed by atoms with Crippen molar-refractivity contribution in [3.63, 3.8) is 0 Å². The Morgan fingerprint density at radius 1 is 1.11 bits per heavy atom. The van der Waals surface area contributed by atoms with E-state index in [1.54, 1.807) is 35.7 Å². The highest BCUT2D eigenvalue weighted by molar-refractivity contribution is 8.03. The number of hydrogen-bond donors (Lipinski definition) is 1. The van der Waals surface area contributed by atoms with Gasteiger partial charge in [0, 0.05) is 21.7 Å². The summed E-state index contributed by atoms with van der Waals surface area (Å²) >= 11 is 3.35. The van der Waals surface area contributed by atoms with E-state index < -0.39 is 0 Å². The zero-order valence-corrected chi connectivity index (χ0v) is 17.4. The molecule has 1 N–H and O–H groups in total. The first kappa shape index (κ1) is 19.5. The third-order valence-corrected chi connectivity index (χ3v) is 6.40. The molecule has 0 saturated heterocycles. The zero-order chi connectivity index (χ0) is 19.4. The van der Waals surface area contributed by atoms with Crippen LogP contribution in [0.2, 0.25) is 0 Å². The van der Waals surface area contributed by atoms with Gasteiger partial charge in [-0.2, -0.15) is 0 Å². The molecule has 2 aromatic rings. The van der Waals surface area contributed by atoms with E-state index in [9.17, 15) is 5.11 Å². The van der Waals surface area contributed by atoms with Gasteiger partial charge < -0.3 is 10.0 Å². The first-order valence-corrected chi connectivity index (χ1v) is 10.3. The number of rotatable bonds is 5. The van der Waals surface area contributed by atoms with Crippen LogP contribution in [0, 0.1) is 13.8 Å². The number of aromatic hydroxyl groups is 1. The van der Waals surface area contributed by atoms with Crippen molar-refractivity contribution in [2.45, 2.75) is 23.6 Å². The van der Waals surface area contributed by atoms with Gasteiger partial charge in [-0.05, 0) is 61.4 Å². The number of phenolic OH excluding ortho intramolecular Hbond substituents is 1. The molecular formula is C23H23NOS2. The monoisotopic (exact) mass is 393 g/mol. The van der Waals surface area contributed by atoms with Gasteiger partial charge >= 0.3 is 0 Å². The Bertz CT molecular complexity index is 957. The lowest BCUT2D eigenvalue weighted by atomic mass is 10.2. The second kappa shape index (κ2) is 8.59. The molecular weight excluding hydrogens is 370 g/mol. The molecule has 0 aromatic heterocycles. The molecule has 0 saturated carbocycles. The number of anilines is 1. The largest absolute Gasteiger partial charge is 0.508 e. The normalized spacial score (nSPS) is 15.2. The second-order valence-electron chi connectivity index (χ2n) is 6.40. The summed E-state index contributed by atoms with van der Waals surface area (Å²) in [6, 6.07) is 11.9. The number of aryl methyl sites for hydroxylation is 2. The van der Waals surface area contributed by atoms with Crippen molar-refractivity contribution in [1.29, 1.82) is 0 Å². The van der Waals surface area contributed by atoms with Crippen molar-refractivity contribution in [1.82, 2.24) is 0 Å². The second-order valence-corrected chi connectivity index (χ2v) is 8.63. The first-order valence-electron chi connectivity index (χ1n) is 8.67. The maximum Gasteiger partial charge on any atom is 0.116 e. The topological polar surface area (TPSA) is 23.5 Å². The van der Waals surface area contributed by atoms with Crippen molar-refractivity contribution in [3.8, 4) is 5.75 Å². The quantitative estimate of drug-likeness (QED) is 0.445. The molecule has 0 radical (unpaired) electrons. The van der Waals surface area contributed by atoms with Crippen molar-refractivity contribution in [2.75, 3.05) is 11.9 Å². The molecule has 27 heavy (non-hydrogen) atoms. The lowest BCUT2D eigenvalue weighted by Crippen LogP contribution is -2.08. The third kappa shape index (κ3) is 4.90. The highest BCUT2D eigenvalue weighted by Crippen LogP contribution is 2.45. The molecule has 3 rings (SSSR count). The van der Waals surface area contributed by atoms with Crippen molar-refractivity contribution in [2.24, 2.45) is 0 Å². The maximum atomic E-state index is 9.62. The standard InChI is InChI=1S/C23H23NOS2/c1-16-10-13-20-22(14-16)27-23(24(20)4)9-7-5-6-8-18(3)26-21-15-19(25)12-11-17(21)2/h5-15,25H,3H2,1-2,4H3/b7-5+,8-6+,23-9-. The molecule has 1 heterocycles.